The molecule has 0 spiro atoms. The minimum Gasteiger partial charge on any atom is -0.303 e. The highest BCUT2D eigenvalue weighted by molar-refractivity contribution is 5.53. The van der Waals surface area contributed by atoms with Gasteiger partial charge in [-0.15, -0.1) is 13.2 Å². The third-order valence-electron chi connectivity index (χ3n) is 1.40. The van der Waals surface area contributed by atoms with Gasteiger partial charge in [-0.2, -0.15) is 0 Å². The monoisotopic (exact) mass is 138 g/mol. The Balaban J connectivity index is 3.47. The van der Waals surface area contributed by atoms with Crippen LogP contribution in [0.2, 0.25) is 0 Å². The normalized spacial score (nSPS) is 12.0. The molecule has 0 amide bonds. The molecule has 0 rings (SSSR count). The van der Waals surface area contributed by atoms with Crippen LogP contribution in [0.1, 0.15) is 19.3 Å². The summed E-state index contributed by atoms with van der Waals surface area (Å²) in [7, 11) is 0. The fraction of sp³-hybridized carbons (Fsp3) is 0.444. The van der Waals surface area contributed by atoms with Gasteiger partial charge in [-0.25, -0.2) is 0 Å². The van der Waals surface area contributed by atoms with E-state index in [9.17, 15) is 4.79 Å². The van der Waals surface area contributed by atoms with Gasteiger partial charge in [0.05, 0.1) is 0 Å². The molecule has 56 valence electrons. The number of hydrogen-bond acceptors (Lipinski definition) is 1. The Labute approximate surface area is 62.4 Å². The van der Waals surface area contributed by atoms with Crippen molar-refractivity contribution in [2.24, 2.45) is 5.92 Å². The zero-order chi connectivity index (χ0) is 7.82. The molecule has 0 aliphatic carbocycles. The highest BCUT2D eigenvalue weighted by atomic mass is 16.1. The van der Waals surface area contributed by atoms with Crippen molar-refractivity contribution in [3.8, 4) is 0 Å². The van der Waals surface area contributed by atoms with Gasteiger partial charge in [-0.05, 0) is 19.3 Å². The Hall–Kier alpha value is -0.850. The minimum atomic E-state index is 0.149. The van der Waals surface area contributed by atoms with Gasteiger partial charge in [-0.1, -0.05) is 12.2 Å². The van der Waals surface area contributed by atoms with Crippen LogP contribution >= 0.6 is 0 Å². The van der Waals surface area contributed by atoms with E-state index in [1.807, 2.05) is 6.08 Å². The summed E-state index contributed by atoms with van der Waals surface area (Å²) < 4.78 is 0. The summed E-state index contributed by atoms with van der Waals surface area (Å²) in [6, 6.07) is 0. The molecule has 1 nitrogen and oxygen atoms in total. The molecular formula is C9H14O. The molecule has 0 aromatic rings. The summed E-state index contributed by atoms with van der Waals surface area (Å²) in [6.45, 7) is 7.16. The Kier molecular flexibility index (Phi) is 5.74. The Morgan fingerprint density at radius 1 is 1.30 bits per heavy atom. The van der Waals surface area contributed by atoms with E-state index < -0.39 is 0 Å². The highest BCUT2D eigenvalue weighted by Crippen LogP contribution is 2.08. The summed E-state index contributed by atoms with van der Waals surface area (Å²) in [6.07, 6.45) is 7.21. The van der Waals surface area contributed by atoms with Crippen molar-refractivity contribution in [2.75, 3.05) is 0 Å². The molecule has 0 aromatic heterocycles. The van der Waals surface area contributed by atoms with Crippen LogP contribution in [0.4, 0.5) is 0 Å². The Bertz CT molecular complexity index is 116. The van der Waals surface area contributed by atoms with Crippen molar-refractivity contribution < 1.29 is 4.79 Å². The molecule has 0 aliphatic rings. The first-order valence-electron chi connectivity index (χ1n) is 3.52. The first-order valence-corrected chi connectivity index (χ1v) is 3.52. The van der Waals surface area contributed by atoms with Gasteiger partial charge >= 0.3 is 0 Å². The highest BCUT2D eigenvalue weighted by Gasteiger charge is 2.01. The molecule has 0 saturated carbocycles. The summed E-state index contributed by atoms with van der Waals surface area (Å²) in [5.41, 5.74) is 0. The number of carbonyl (C=O) groups is 1. The standard InChI is InChI=1S/C9H14O/c1-3-5-7-9(8-10)6-4-2/h3-4,8-9H,1-2,5-7H2. The lowest BCUT2D eigenvalue weighted by Crippen LogP contribution is -1.98. The van der Waals surface area contributed by atoms with Crippen molar-refractivity contribution in [3.63, 3.8) is 0 Å². The molecule has 10 heavy (non-hydrogen) atoms. The fourth-order valence-corrected chi connectivity index (χ4v) is 0.787. The molecule has 0 N–H and O–H groups in total. The SMILES string of the molecule is C=CCCC(C=O)CC=C. The first-order chi connectivity index (χ1) is 4.85. The molecule has 1 atom stereocenters. The third kappa shape index (κ3) is 4.07. The van der Waals surface area contributed by atoms with E-state index in [2.05, 4.69) is 13.2 Å². The molecule has 0 aliphatic heterocycles. The van der Waals surface area contributed by atoms with Crippen molar-refractivity contribution in [2.45, 2.75) is 19.3 Å². The van der Waals surface area contributed by atoms with E-state index in [0.717, 1.165) is 25.5 Å². The molecule has 0 radical (unpaired) electrons. The van der Waals surface area contributed by atoms with E-state index >= 15 is 0 Å². The smallest absolute Gasteiger partial charge is 0.123 e. The number of rotatable bonds is 6. The van der Waals surface area contributed by atoms with E-state index in [-0.39, 0.29) is 5.92 Å². The number of aldehydes is 1. The summed E-state index contributed by atoms with van der Waals surface area (Å²) in [5, 5.41) is 0. The largest absolute Gasteiger partial charge is 0.303 e. The van der Waals surface area contributed by atoms with Crippen LogP contribution in [0.15, 0.2) is 25.3 Å². The fourth-order valence-electron chi connectivity index (χ4n) is 0.787. The van der Waals surface area contributed by atoms with E-state index in [1.54, 1.807) is 6.08 Å². The van der Waals surface area contributed by atoms with E-state index in [4.69, 9.17) is 0 Å². The summed E-state index contributed by atoms with van der Waals surface area (Å²) in [5.74, 6) is 0.149. The van der Waals surface area contributed by atoms with Crippen LogP contribution in [-0.2, 0) is 4.79 Å². The second kappa shape index (κ2) is 6.27. The first kappa shape index (κ1) is 9.15. The predicted octanol–water partition coefficient (Wildman–Crippen LogP) is 2.34. The molecule has 0 saturated heterocycles. The van der Waals surface area contributed by atoms with Crippen LogP contribution in [0, 0.1) is 5.92 Å². The lowest BCUT2D eigenvalue weighted by Gasteiger charge is -2.02. The van der Waals surface area contributed by atoms with E-state index in [1.165, 1.54) is 0 Å². The van der Waals surface area contributed by atoms with Gasteiger partial charge in [0, 0.05) is 5.92 Å². The molecule has 0 aromatic carbocycles. The molecule has 0 bridgehead atoms. The second-order valence-corrected chi connectivity index (χ2v) is 2.29. The van der Waals surface area contributed by atoms with Gasteiger partial charge in [0.2, 0.25) is 0 Å². The lowest BCUT2D eigenvalue weighted by atomic mass is 10.0. The van der Waals surface area contributed by atoms with Gasteiger partial charge in [0.25, 0.3) is 0 Å². The number of carbonyl (C=O) groups excluding carboxylic acids is 1. The van der Waals surface area contributed by atoms with Crippen LogP contribution in [0.3, 0.4) is 0 Å². The Morgan fingerprint density at radius 3 is 2.40 bits per heavy atom. The topological polar surface area (TPSA) is 17.1 Å². The van der Waals surface area contributed by atoms with Gasteiger partial charge in [0.15, 0.2) is 0 Å². The summed E-state index contributed by atoms with van der Waals surface area (Å²) in [4.78, 5) is 10.3. The molecule has 0 heterocycles. The average Bonchev–Trinajstić information content (AvgIpc) is 1.98. The zero-order valence-corrected chi connectivity index (χ0v) is 6.25. The minimum absolute atomic E-state index is 0.149. The van der Waals surface area contributed by atoms with Crippen LogP contribution < -0.4 is 0 Å². The Morgan fingerprint density at radius 2 is 2.00 bits per heavy atom. The van der Waals surface area contributed by atoms with Crippen molar-refractivity contribution in [1.82, 2.24) is 0 Å². The van der Waals surface area contributed by atoms with Gasteiger partial charge in [0.1, 0.15) is 6.29 Å². The van der Waals surface area contributed by atoms with Crippen LogP contribution in [0.25, 0.3) is 0 Å². The van der Waals surface area contributed by atoms with Crippen molar-refractivity contribution in [1.29, 1.82) is 0 Å². The second-order valence-electron chi connectivity index (χ2n) is 2.29. The zero-order valence-electron chi connectivity index (χ0n) is 6.25. The van der Waals surface area contributed by atoms with Crippen LogP contribution in [0.5, 0.6) is 0 Å². The third-order valence-corrected chi connectivity index (χ3v) is 1.40. The number of hydrogen-bond donors (Lipinski definition) is 0. The van der Waals surface area contributed by atoms with Gasteiger partial charge in [-0.3, -0.25) is 0 Å². The maximum absolute atomic E-state index is 10.3. The average molecular weight is 138 g/mol. The van der Waals surface area contributed by atoms with Gasteiger partial charge < -0.3 is 4.79 Å². The number of allylic oxidation sites excluding steroid dienone is 2. The van der Waals surface area contributed by atoms with E-state index in [0.29, 0.717) is 0 Å². The maximum Gasteiger partial charge on any atom is 0.123 e. The molecule has 1 heteroatoms. The quantitative estimate of drug-likeness (QED) is 0.406. The van der Waals surface area contributed by atoms with Crippen molar-refractivity contribution >= 4 is 6.29 Å². The lowest BCUT2D eigenvalue weighted by molar-refractivity contribution is -0.111. The molecule has 0 fully saturated rings. The molecular weight excluding hydrogens is 124 g/mol. The maximum atomic E-state index is 10.3. The molecule has 1 unspecified atom stereocenters. The van der Waals surface area contributed by atoms with Crippen LogP contribution in [-0.4, -0.2) is 6.29 Å². The predicted molar refractivity (Wildman–Crippen MR) is 43.8 cm³/mol. The summed E-state index contributed by atoms with van der Waals surface area (Å²) >= 11 is 0. The van der Waals surface area contributed by atoms with Crippen molar-refractivity contribution in [3.05, 3.63) is 25.3 Å².